The highest BCUT2D eigenvalue weighted by Crippen LogP contribution is 2.26. The third kappa shape index (κ3) is 2.41. The second-order valence-electron chi connectivity index (χ2n) is 3.26. The molecule has 0 aliphatic carbocycles. The summed E-state index contributed by atoms with van der Waals surface area (Å²) in [5.74, 6) is 0.315. The third-order valence-corrected chi connectivity index (χ3v) is 3.15. The van der Waals surface area contributed by atoms with Crippen LogP contribution in [-0.2, 0) is 4.79 Å². The lowest BCUT2D eigenvalue weighted by molar-refractivity contribution is -0.108. The summed E-state index contributed by atoms with van der Waals surface area (Å²) in [5, 5.41) is 0. The molecule has 2 heteroatoms. The van der Waals surface area contributed by atoms with Crippen LogP contribution in [0.4, 0.5) is 0 Å². The van der Waals surface area contributed by atoms with Gasteiger partial charge in [-0.1, -0.05) is 35.0 Å². The van der Waals surface area contributed by atoms with Gasteiger partial charge in [0.05, 0.1) is 0 Å². The highest BCUT2D eigenvalue weighted by atomic mass is 79.9. The van der Waals surface area contributed by atoms with E-state index in [-0.39, 0.29) is 0 Å². The van der Waals surface area contributed by atoms with E-state index in [1.807, 2.05) is 12.1 Å². The summed E-state index contributed by atoms with van der Waals surface area (Å²) in [6.07, 6.45) is 1.57. The van der Waals surface area contributed by atoms with Crippen molar-refractivity contribution < 1.29 is 4.79 Å². The van der Waals surface area contributed by atoms with Crippen LogP contribution in [0.3, 0.4) is 0 Å². The van der Waals surface area contributed by atoms with Crippen LogP contribution in [0.2, 0.25) is 0 Å². The van der Waals surface area contributed by atoms with Crippen molar-refractivity contribution in [3.05, 3.63) is 33.8 Å². The van der Waals surface area contributed by atoms with Crippen molar-refractivity contribution >= 4 is 22.2 Å². The van der Waals surface area contributed by atoms with Gasteiger partial charge in [-0.05, 0) is 30.0 Å². The Bertz CT molecular complexity index is 307. The van der Waals surface area contributed by atoms with Gasteiger partial charge in [-0.2, -0.15) is 0 Å². The lowest BCUT2D eigenvalue weighted by atomic mass is 9.94. The average molecular weight is 241 g/mol. The smallest absolute Gasteiger partial charge is 0.120 e. The quantitative estimate of drug-likeness (QED) is 0.740. The second-order valence-corrected chi connectivity index (χ2v) is 4.11. The molecule has 0 saturated carbocycles. The van der Waals surface area contributed by atoms with Crippen LogP contribution in [0.5, 0.6) is 0 Å². The van der Waals surface area contributed by atoms with Gasteiger partial charge in [-0.25, -0.2) is 0 Å². The number of aldehydes is 1. The van der Waals surface area contributed by atoms with Crippen LogP contribution in [0.1, 0.15) is 30.4 Å². The van der Waals surface area contributed by atoms with Crippen LogP contribution in [0.25, 0.3) is 0 Å². The fourth-order valence-electron chi connectivity index (χ4n) is 1.43. The Kier molecular flexibility index (Phi) is 3.67. The first-order chi connectivity index (χ1) is 6.16. The van der Waals surface area contributed by atoms with E-state index in [0.29, 0.717) is 12.3 Å². The molecule has 0 bridgehead atoms. The van der Waals surface area contributed by atoms with Crippen LogP contribution < -0.4 is 0 Å². The van der Waals surface area contributed by atoms with Crippen LogP contribution in [-0.4, -0.2) is 6.29 Å². The van der Waals surface area contributed by atoms with E-state index in [2.05, 4.69) is 35.8 Å². The number of rotatable bonds is 3. The van der Waals surface area contributed by atoms with Crippen molar-refractivity contribution in [1.29, 1.82) is 0 Å². The number of hydrogen-bond acceptors (Lipinski definition) is 1. The van der Waals surface area contributed by atoms with E-state index >= 15 is 0 Å². The highest BCUT2D eigenvalue weighted by Gasteiger charge is 2.08. The number of benzene rings is 1. The van der Waals surface area contributed by atoms with Crippen molar-refractivity contribution in [2.45, 2.75) is 26.2 Å². The molecule has 0 aliphatic heterocycles. The van der Waals surface area contributed by atoms with Gasteiger partial charge in [0.1, 0.15) is 6.29 Å². The van der Waals surface area contributed by atoms with Gasteiger partial charge in [0.2, 0.25) is 0 Å². The van der Waals surface area contributed by atoms with E-state index < -0.39 is 0 Å². The first-order valence-corrected chi connectivity index (χ1v) is 5.14. The lowest BCUT2D eigenvalue weighted by Gasteiger charge is -2.12. The molecule has 0 radical (unpaired) electrons. The number of carbonyl (C=O) groups excluding carboxylic acids is 1. The fourth-order valence-corrected chi connectivity index (χ4v) is 1.81. The average Bonchev–Trinajstić information content (AvgIpc) is 2.10. The Labute approximate surface area is 87.3 Å². The maximum absolute atomic E-state index is 10.4. The molecule has 70 valence electrons. The van der Waals surface area contributed by atoms with Gasteiger partial charge in [-0.3, -0.25) is 0 Å². The molecule has 0 aliphatic rings. The predicted octanol–water partition coefficient (Wildman–Crippen LogP) is 3.45. The van der Waals surface area contributed by atoms with Gasteiger partial charge in [0.25, 0.3) is 0 Å². The van der Waals surface area contributed by atoms with Crippen LogP contribution >= 0.6 is 15.9 Å². The molecule has 1 aromatic carbocycles. The summed E-state index contributed by atoms with van der Waals surface area (Å²) in [4.78, 5) is 10.4. The van der Waals surface area contributed by atoms with Gasteiger partial charge in [0, 0.05) is 10.9 Å². The molecule has 0 amide bonds. The van der Waals surface area contributed by atoms with Crippen LogP contribution in [0.15, 0.2) is 22.7 Å². The minimum atomic E-state index is 0.315. The SMILES string of the molecule is Cc1c(Br)cccc1C(C)CC=O. The molecule has 0 fully saturated rings. The number of carbonyl (C=O) groups is 1. The van der Waals surface area contributed by atoms with Crippen molar-refractivity contribution in [3.8, 4) is 0 Å². The Balaban J connectivity index is 3.00. The van der Waals surface area contributed by atoms with E-state index in [1.54, 1.807) is 0 Å². The normalized spacial score (nSPS) is 12.5. The van der Waals surface area contributed by atoms with Crippen molar-refractivity contribution in [3.63, 3.8) is 0 Å². The Morgan fingerprint density at radius 1 is 1.54 bits per heavy atom. The topological polar surface area (TPSA) is 17.1 Å². The zero-order valence-corrected chi connectivity index (χ0v) is 9.47. The maximum atomic E-state index is 10.4. The fraction of sp³-hybridized carbons (Fsp3) is 0.364. The molecule has 0 N–H and O–H groups in total. The number of halogens is 1. The molecule has 1 atom stereocenters. The summed E-state index contributed by atoms with van der Waals surface area (Å²) in [6, 6.07) is 6.11. The zero-order chi connectivity index (χ0) is 9.84. The molecule has 0 saturated heterocycles. The summed E-state index contributed by atoms with van der Waals surface area (Å²) < 4.78 is 1.11. The van der Waals surface area contributed by atoms with Gasteiger partial charge in [0.15, 0.2) is 0 Å². The highest BCUT2D eigenvalue weighted by molar-refractivity contribution is 9.10. The minimum absolute atomic E-state index is 0.315. The predicted molar refractivity (Wildman–Crippen MR) is 58.0 cm³/mol. The summed E-state index contributed by atoms with van der Waals surface area (Å²) in [5.41, 5.74) is 2.48. The molecular formula is C11H13BrO. The zero-order valence-electron chi connectivity index (χ0n) is 7.88. The molecule has 1 rings (SSSR count). The molecule has 13 heavy (non-hydrogen) atoms. The maximum Gasteiger partial charge on any atom is 0.120 e. The Morgan fingerprint density at radius 2 is 2.23 bits per heavy atom. The van der Waals surface area contributed by atoms with Crippen molar-refractivity contribution in [2.75, 3.05) is 0 Å². The first kappa shape index (κ1) is 10.5. The lowest BCUT2D eigenvalue weighted by Crippen LogP contribution is -1.97. The van der Waals surface area contributed by atoms with E-state index in [0.717, 1.165) is 10.8 Å². The summed E-state index contributed by atoms with van der Waals surface area (Å²) in [7, 11) is 0. The first-order valence-electron chi connectivity index (χ1n) is 4.35. The molecular weight excluding hydrogens is 228 g/mol. The van der Waals surface area contributed by atoms with Gasteiger partial charge in [-0.15, -0.1) is 0 Å². The largest absolute Gasteiger partial charge is 0.303 e. The second kappa shape index (κ2) is 4.56. The monoisotopic (exact) mass is 240 g/mol. The molecule has 0 aromatic heterocycles. The van der Waals surface area contributed by atoms with Gasteiger partial charge >= 0.3 is 0 Å². The molecule has 0 heterocycles. The summed E-state index contributed by atoms with van der Waals surface area (Å²) >= 11 is 3.48. The van der Waals surface area contributed by atoms with E-state index in [4.69, 9.17) is 0 Å². The minimum Gasteiger partial charge on any atom is -0.303 e. The van der Waals surface area contributed by atoms with Crippen LogP contribution in [0, 0.1) is 6.92 Å². The standard InChI is InChI=1S/C11H13BrO/c1-8(6-7-13)10-4-3-5-11(12)9(10)2/h3-5,7-8H,6H2,1-2H3. The van der Waals surface area contributed by atoms with E-state index in [9.17, 15) is 4.79 Å². The summed E-state index contributed by atoms with van der Waals surface area (Å²) in [6.45, 7) is 4.14. The van der Waals surface area contributed by atoms with Crippen molar-refractivity contribution in [2.24, 2.45) is 0 Å². The molecule has 1 nitrogen and oxygen atoms in total. The van der Waals surface area contributed by atoms with E-state index in [1.165, 1.54) is 11.1 Å². The Hall–Kier alpha value is -0.630. The molecule has 1 aromatic rings. The Morgan fingerprint density at radius 3 is 2.85 bits per heavy atom. The molecule has 0 spiro atoms. The molecule has 1 unspecified atom stereocenters. The third-order valence-electron chi connectivity index (χ3n) is 2.29. The van der Waals surface area contributed by atoms with Crippen molar-refractivity contribution in [1.82, 2.24) is 0 Å². The number of hydrogen-bond donors (Lipinski definition) is 0. The van der Waals surface area contributed by atoms with Gasteiger partial charge < -0.3 is 4.79 Å².